The van der Waals surface area contributed by atoms with E-state index in [9.17, 15) is 4.79 Å². The van der Waals surface area contributed by atoms with Gasteiger partial charge in [0.2, 0.25) is 0 Å². The predicted octanol–water partition coefficient (Wildman–Crippen LogP) is 4.34. The molecular weight excluding hydrogens is 258 g/mol. The molecule has 1 atom stereocenters. The minimum absolute atomic E-state index is 0.147. The molecule has 0 bridgehead atoms. The van der Waals surface area contributed by atoms with Gasteiger partial charge in [0.15, 0.2) is 5.78 Å². The van der Waals surface area contributed by atoms with Crippen molar-refractivity contribution in [1.82, 2.24) is 4.90 Å². The van der Waals surface area contributed by atoms with Crippen molar-refractivity contribution in [3.05, 3.63) is 71.8 Å². The summed E-state index contributed by atoms with van der Waals surface area (Å²) in [6, 6.07) is 20.0. The van der Waals surface area contributed by atoms with Crippen LogP contribution >= 0.6 is 0 Å². The topological polar surface area (TPSA) is 20.3 Å². The zero-order chi connectivity index (χ0) is 15.1. The van der Waals surface area contributed by atoms with E-state index in [0.29, 0.717) is 6.42 Å². The fourth-order valence-electron chi connectivity index (χ4n) is 2.71. The fraction of sp³-hybridized carbons (Fsp3) is 0.316. The van der Waals surface area contributed by atoms with Crippen LogP contribution in [-0.2, 0) is 0 Å². The Hall–Kier alpha value is -1.93. The van der Waals surface area contributed by atoms with Gasteiger partial charge < -0.3 is 0 Å². The van der Waals surface area contributed by atoms with E-state index in [2.05, 4.69) is 30.9 Å². The molecule has 2 aromatic rings. The molecule has 2 aromatic carbocycles. The zero-order valence-corrected chi connectivity index (χ0v) is 12.8. The first-order valence-corrected chi connectivity index (χ1v) is 7.63. The van der Waals surface area contributed by atoms with Gasteiger partial charge >= 0.3 is 0 Å². The van der Waals surface area contributed by atoms with Gasteiger partial charge in [-0.1, -0.05) is 74.5 Å². The Morgan fingerprint density at radius 3 is 1.95 bits per heavy atom. The molecule has 0 aliphatic rings. The minimum atomic E-state index is 0.147. The number of hydrogen-bond donors (Lipinski definition) is 0. The first-order valence-electron chi connectivity index (χ1n) is 7.63. The van der Waals surface area contributed by atoms with Crippen molar-refractivity contribution in [2.45, 2.75) is 26.3 Å². The van der Waals surface area contributed by atoms with Crippen LogP contribution in [0.4, 0.5) is 0 Å². The molecular formula is C19H23NO. The van der Waals surface area contributed by atoms with Crippen molar-refractivity contribution in [2.75, 3.05) is 13.1 Å². The van der Waals surface area contributed by atoms with Gasteiger partial charge in [0.1, 0.15) is 0 Å². The number of ketones is 1. The molecule has 0 amide bonds. The van der Waals surface area contributed by atoms with E-state index in [0.717, 1.165) is 18.7 Å². The van der Waals surface area contributed by atoms with Crippen LogP contribution in [-0.4, -0.2) is 23.8 Å². The number of benzene rings is 2. The Balaban J connectivity index is 2.22. The van der Waals surface area contributed by atoms with E-state index >= 15 is 0 Å². The molecule has 0 aromatic heterocycles. The maximum atomic E-state index is 12.5. The van der Waals surface area contributed by atoms with E-state index in [-0.39, 0.29) is 11.8 Å². The maximum Gasteiger partial charge on any atom is 0.164 e. The van der Waals surface area contributed by atoms with E-state index in [4.69, 9.17) is 0 Å². The second-order valence-corrected chi connectivity index (χ2v) is 5.14. The maximum absolute atomic E-state index is 12.5. The summed E-state index contributed by atoms with van der Waals surface area (Å²) in [6.45, 7) is 6.18. The van der Waals surface area contributed by atoms with Crippen LogP contribution in [0.2, 0.25) is 0 Å². The van der Waals surface area contributed by atoms with E-state index < -0.39 is 0 Å². The van der Waals surface area contributed by atoms with Crippen LogP contribution in [0, 0.1) is 0 Å². The SMILES string of the molecule is CCN(CC)C(CC(=O)c1ccccc1)c1ccccc1. The van der Waals surface area contributed by atoms with Crippen LogP contribution in [0.5, 0.6) is 0 Å². The predicted molar refractivity (Wildman–Crippen MR) is 87.5 cm³/mol. The highest BCUT2D eigenvalue weighted by Crippen LogP contribution is 2.25. The zero-order valence-electron chi connectivity index (χ0n) is 12.8. The monoisotopic (exact) mass is 281 g/mol. The smallest absolute Gasteiger partial charge is 0.164 e. The number of hydrogen-bond acceptors (Lipinski definition) is 2. The van der Waals surface area contributed by atoms with Crippen LogP contribution in [0.25, 0.3) is 0 Å². The van der Waals surface area contributed by atoms with Gasteiger partial charge in [-0.05, 0) is 18.7 Å². The molecule has 0 saturated carbocycles. The van der Waals surface area contributed by atoms with Gasteiger partial charge in [0.05, 0.1) is 0 Å². The van der Waals surface area contributed by atoms with E-state index in [1.165, 1.54) is 5.56 Å². The molecule has 0 N–H and O–H groups in total. The molecule has 0 heterocycles. The lowest BCUT2D eigenvalue weighted by Gasteiger charge is -2.29. The summed E-state index contributed by atoms with van der Waals surface area (Å²) in [4.78, 5) is 14.9. The number of rotatable bonds is 7. The molecule has 0 saturated heterocycles. The summed E-state index contributed by atoms with van der Waals surface area (Å²) in [5.74, 6) is 0.205. The third-order valence-corrected chi connectivity index (χ3v) is 3.91. The summed E-state index contributed by atoms with van der Waals surface area (Å²) in [7, 11) is 0. The Labute approximate surface area is 127 Å². The average molecular weight is 281 g/mol. The van der Waals surface area contributed by atoms with Crippen molar-refractivity contribution >= 4 is 5.78 Å². The Morgan fingerprint density at radius 2 is 1.43 bits per heavy atom. The third kappa shape index (κ3) is 4.02. The molecule has 2 heteroatoms. The molecule has 110 valence electrons. The van der Waals surface area contributed by atoms with Gasteiger partial charge in [0, 0.05) is 18.0 Å². The first kappa shape index (κ1) is 15.5. The number of nitrogens with zero attached hydrogens (tertiary/aromatic N) is 1. The summed E-state index contributed by atoms with van der Waals surface area (Å²) >= 11 is 0. The summed E-state index contributed by atoms with van der Waals surface area (Å²) in [5, 5.41) is 0. The average Bonchev–Trinajstić information content (AvgIpc) is 2.56. The van der Waals surface area contributed by atoms with Crippen molar-refractivity contribution < 1.29 is 4.79 Å². The van der Waals surface area contributed by atoms with Crippen molar-refractivity contribution in [3.63, 3.8) is 0 Å². The Morgan fingerprint density at radius 1 is 0.905 bits per heavy atom. The van der Waals surface area contributed by atoms with Crippen molar-refractivity contribution in [1.29, 1.82) is 0 Å². The molecule has 2 nitrogen and oxygen atoms in total. The van der Waals surface area contributed by atoms with Crippen LogP contribution in [0.15, 0.2) is 60.7 Å². The summed E-state index contributed by atoms with van der Waals surface area (Å²) < 4.78 is 0. The largest absolute Gasteiger partial charge is 0.296 e. The summed E-state index contributed by atoms with van der Waals surface area (Å²) in [5.41, 5.74) is 2.01. The molecule has 0 spiro atoms. The normalized spacial score (nSPS) is 12.3. The molecule has 0 aliphatic heterocycles. The number of Topliss-reactive ketones (excluding diaryl/α,β-unsaturated/α-hetero) is 1. The standard InChI is InChI=1S/C19H23NO/c1-3-20(4-2)18(16-11-7-5-8-12-16)15-19(21)17-13-9-6-10-14-17/h5-14,18H,3-4,15H2,1-2H3. The van der Waals surface area contributed by atoms with Crippen LogP contribution in [0.3, 0.4) is 0 Å². The highest BCUT2D eigenvalue weighted by atomic mass is 16.1. The van der Waals surface area contributed by atoms with Crippen molar-refractivity contribution in [2.24, 2.45) is 0 Å². The van der Waals surface area contributed by atoms with Gasteiger partial charge in [0.25, 0.3) is 0 Å². The fourth-order valence-corrected chi connectivity index (χ4v) is 2.71. The number of carbonyl (C=O) groups excluding carboxylic acids is 1. The Kier molecular flexibility index (Phi) is 5.70. The molecule has 0 radical (unpaired) electrons. The molecule has 0 fully saturated rings. The second-order valence-electron chi connectivity index (χ2n) is 5.14. The van der Waals surface area contributed by atoms with Gasteiger partial charge in [-0.2, -0.15) is 0 Å². The van der Waals surface area contributed by atoms with Crippen molar-refractivity contribution in [3.8, 4) is 0 Å². The lowest BCUT2D eigenvalue weighted by molar-refractivity contribution is 0.0924. The molecule has 0 aliphatic carbocycles. The Bertz CT molecular complexity index is 546. The molecule has 1 unspecified atom stereocenters. The quantitative estimate of drug-likeness (QED) is 0.703. The van der Waals surface area contributed by atoms with Gasteiger partial charge in [-0.15, -0.1) is 0 Å². The summed E-state index contributed by atoms with van der Waals surface area (Å²) in [6.07, 6.45) is 0.524. The lowest BCUT2D eigenvalue weighted by atomic mass is 9.96. The third-order valence-electron chi connectivity index (χ3n) is 3.91. The van der Waals surface area contributed by atoms with Crippen LogP contribution in [0.1, 0.15) is 42.2 Å². The van der Waals surface area contributed by atoms with Crippen LogP contribution < -0.4 is 0 Å². The van der Waals surface area contributed by atoms with E-state index in [1.54, 1.807) is 0 Å². The molecule has 2 rings (SSSR count). The lowest BCUT2D eigenvalue weighted by Crippen LogP contribution is -2.30. The minimum Gasteiger partial charge on any atom is -0.296 e. The first-order chi connectivity index (χ1) is 10.3. The highest BCUT2D eigenvalue weighted by molar-refractivity contribution is 5.96. The van der Waals surface area contributed by atoms with E-state index in [1.807, 2.05) is 48.5 Å². The highest BCUT2D eigenvalue weighted by Gasteiger charge is 2.21. The second kappa shape index (κ2) is 7.75. The van der Waals surface area contributed by atoms with Gasteiger partial charge in [-0.3, -0.25) is 9.69 Å². The number of carbonyl (C=O) groups is 1. The van der Waals surface area contributed by atoms with Gasteiger partial charge in [-0.25, -0.2) is 0 Å². The molecule has 21 heavy (non-hydrogen) atoms.